The van der Waals surface area contributed by atoms with Gasteiger partial charge in [-0.25, -0.2) is 4.68 Å². The van der Waals surface area contributed by atoms with Crippen LogP contribution >= 0.6 is 0 Å². The quantitative estimate of drug-likeness (QED) is 0.681. The predicted molar refractivity (Wildman–Crippen MR) is 115 cm³/mol. The van der Waals surface area contributed by atoms with E-state index < -0.39 is 5.92 Å². The van der Waals surface area contributed by atoms with Crippen molar-refractivity contribution >= 4 is 5.78 Å². The number of hydrogen-bond acceptors (Lipinski definition) is 3. The van der Waals surface area contributed by atoms with Crippen LogP contribution in [0.15, 0.2) is 70.7 Å². The molecular formula is C25H24N2O3. The number of rotatable bonds is 2. The maximum absolute atomic E-state index is 13.6. The number of Topliss-reactive ketones (excluding diaryl/α,β-unsaturated/α-hetero) is 1. The monoisotopic (exact) mass is 400 g/mol. The zero-order valence-electron chi connectivity index (χ0n) is 17.4. The minimum Gasteiger partial charge on any atom is -0.461 e. The Balaban J connectivity index is 1.75. The first-order chi connectivity index (χ1) is 14.4. The lowest BCUT2D eigenvalue weighted by molar-refractivity contribution is -0.118. The molecule has 2 heterocycles. The summed E-state index contributed by atoms with van der Waals surface area (Å²) in [5.74, 6) is 1.05. The molecule has 152 valence electrons. The van der Waals surface area contributed by atoms with Crippen LogP contribution in [0.1, 0.15) is 49.4 Å². The number of aromatic nitrogens is 2. The fourth-order valence-corrected chi connectivity index (χ4v) is 4.75. The normalized spacial score (nSPS) is 19.8. The number of H-pyrrole nitrogens is 1. The molecule has 5 nitrogen and oxygen atoms in total. The van der Waals surface area contributed by atoms with Crippen LogP contribution in [-0.2, 0) is 4.79 Å². The number of para-hydroxylation sites is 2. The van der Waals surface area contributed by atoms with Crippen LogP contribution in [0.2, 0.25) is 0 Å². The third-order valence-corrected chi connectivity index (χ3v) is 6.05. The number of nitrogens with zero attached hydrogens (tertiary/aromatic N) is 1. The van der Waals surface area contributed by atoms with Gasteiger partial charge in [0.25, 0.3) is 5.56 Å². The predicted octanol–water partition coefficient (Wildman–Crippen LogP) is 4.64. The van der Waals surface area contributed by atoms with Crippen molar-refractivity contribution in [1.82, 2.24) is 9.78 Å². The largest absolute Gasteiger partial charge is 0.461 e. The summed E-state index contributed by atoms with van der Waals surface area (Å²) in [7, 11) is 0. The minimum absolute atomic E-state index is 0.0621. The highest BCUT2D eigenvalue weighted by Gasteiger charge is 2.43. The molecule has 1 aliphatic carbocycles. The van der Waals surface area contributed by atoms with Crippen LogP contribution in [0, 0.1) is 12.3 Å². The number of aromatic amines is 1. The van der Waals surface area contributed by atoms with Crippen molar-refractivity contribution in [3.8, 4) is 11.4 Å². The van der Waals surface area contributed by atoms with Gasteiger partial charge in [0.15, 0.2) is 5.78 Å². The van der Waals surface area contributed by atoms with E-state index in [1.165, 1.54) is 0 Å². The Morgan fingerprint density at radius 1 is 1.00 bits per heavy atom. The van der Waals surface area contributed by atoms with Crippen molar-refractivity contribution in [2.45, 2.75) is 39.5 Å². The van der Waals surface area contributed by atoms with Crippen molar-refractivity contribution in [2.24, 2.45) is 5.41 Å². The molecule has 5 rings (SSSR count). The molecule has 2 aliphatic rings. The van der Waals surface area contributed by atoms with Gasteiger partial charge in [0.05, 0.1) is 17.2 Å². The SMILES string of the molecule is Cc1[nH]n(-c2ccccc2)c(=O)c1C1C2=C(CC(C)(C)CC2=O)Oc2ccccc21. The van der Waals surface area contributed by atoms with Gasteiger partial charge in [-0.05, 0) is 30.5 Å². The molecule has 0 fully saturated rings. The van der Waals surface area contributed by atoms with Gasteiger partial charge in [-0.1, -0.05) is 50.2 Å². The lowest BCUT2D eigenvalue weighted by Crippen LogP contribution is -2.34. The Kier molecular flexibility index (Phi) is 4.10. The Labute approximate surface area is 175 Å². The Morgan fingerprint density at radius 3 is 2.47 bits per heavy atom. The van der Waals surface area contributed by atoms with E-state index in [0.717, 1.165) is 22.7 Å². The minimum atomic E-state index is -0.428. The summed E-state index contributed by atoms with van der Waals surface area (Å²) in [6.07, 6.45) is 1.12. The van der Waals surface area contributed by atoms with Crippen LogP contribution in [0.5, 0.6) is 5.75 Å². The van der Waals surface area contributed by atoms with Crippen molar-refractivity contribution in [2.75, 3.05) is 0 Å². The molecule has 0 amide bonds. The van der Waals surface area contributed by atoms with Crippen LogP contribution in [0.3, 0.4) is 0 Å². The topological polar surface area (TPSA) is 64.1 Å². The second-order valence-corrected chi connectivity index (χ2v) is 8.98. The first kappa shape index (κ1) is 18.7. The van der Waals surface area contributed by atoms with Gasteiger partial charge in [0.2, 0.25) is 0 Å². The molecule has 30 heavy (non-hydrogen) atoms. The average molecular weight is 400 g/mol. The summed E-state index contributed by atoms with van der Waals surface area (Å²) in [6, 6.07) is 17.2. The molecule has 2 aromatic carbocycles. The molecule has 1 atom stereocenters. The standard InChI is InChI=1S/C25H24N2O3/c1-15-21(24(29)27(26-15)16-9-5-4-6-10-16)22-17-11-7-8-12-19(17)30-20-14-25(2,3)13-18(28)23(20)22/h4-12,22,26H,13-14H2,1-3H3. The van der Waals surface area contributed by atoms with Gasteiger partial charge in [0.1, 0.15) is 11.5 Å². The van der Waals surface area contributed by atoms with E-state index >= 15 is 0 Å². The van der Waals surface area contributed by atoms with Crippen LogP contribution < -0.4 is 10.3 Å². The highest BCUT2D eigenvalue weighted by molar-refractivity contribution is 6.00. The fourth-order valence-electron chi connectivity index (χ4n) is 4.75. The maximum atomic E-state index is 13.6. The van der Waals surface area contributed by atoms with E-state index in [1.54, 1.807) is 4.68 Å². The number of carbonyl (C=O) groups excluding carboxylic acids is 1. The molecule has 1 aliphatic heterocycles. The zero-order valence-corrected chi connectivity index (χ0v) is 17.4. The first-order valence-electron chi connectivity index (χ1n) is 10.3. The van der Waals surface area contributed by atoms with E-state index in [0.29, 0.717) is 29.7 Å². The number of ketones is 1. The molecule has 1 unspecified atom stereocenters. The number of hydrogen-bond donors (Lipinski definition) is 1. The first-order valence-corrected chi connectivity index (χ1v) is 10.3. The maximum Gasteiger partial charge on any atom is 0.275 e. The number of fused-ring (bicyclic) bond motifs is 1. The third-order valence-electron chi connectivity index (χ3n) is 6.05. The van der Waals surface area contributed by atoms with Crippen molar-refractivity contribution in [3.05, 3.63) is 93.1 Å². The van der Waals surface area contributed by atoms with Crippen LogP contribution in [0.25, 0.3) is 5.69 Å². The molecule has 1 aromatic heterocycles. The number of aryl methyl sites for hydroxylation is 1. The van der Waals surface area contributed by atoms with Gasteiger partial charge in [-0.2, -0.15) is 0 Å². The van der Waals surface area contributed by atoms with Crippen molar-refractivity contribution in [3.63, 3.8) is 0 Å². The lowest BCUT2D eigenvalue weighted by atomic mass is 9.70. The molecule has 0 saturated carbocycles. The van der Waals surface area contributed by atoms with E-state index in [2.05, 4.69) is 18.9 Å². The van der Waals surface area contributed by atoms with Gasteiger partial charge in [-0.15, -0.1) is 0 Å². The van der Waals surface area contributed by atoms with Crippen molar-refractivity contribution in [1.29, 1.82) is 0 Å². The smallest absolute Gasteiger partial charge is 0.275 e. The molecule has 5 heteroatoms. The Bertz CT molecular complexity index is 1240. The molecule has 1 N–H and O–H groups in total. The van der Waals surface area contributed by atoms with E-state index in [9.17, 15) is 9.59 Å². The van der Waals surface area contributed by atoms with Gasteiger partial charge >= 0.3 is 0 Å². The molecule has 0 radical (unpaired) electrons. The summed E-state index contributed by atoms with van der Waals surface area (Å²) in [5.41, 5.74) is 3.33. The number of benzene rings is 2. The highest BCUT2D eigenvalue weighted by atomic mass is 16.5. The second-order valence-electron chi connectivity index (χ2n) is 8.98. The van der Waals surface area contributed by atoms with Gasteiger partial charge in [0, 0.05) is 29.7 Å². The van der Waals surface area contributed by atoms with Crippen LogP contribution in [0.4, 0.5) is 0 Å². The number of carbonyl (C=O) groups is 1. The van der Waals surface area contributed by atoms with E-state index in [4.69, 9.17) is 4.74 Å². The highest BCUT2D eigenvalue weighted by Crippen LogP contribution is 2.49. The van der Waals surface area contributed by atoms with Crippen molar-refractivity contribution < 1.29 is 9.53 Å². The van der Waals surface area contributed by atoms with Gasteiger partial charge < -0.3 is 4.74 Å². The molecular weight excluding hydrogens is 376 g/mol. The fraction of sp³-hybridized carbons (Fsp3) is 0.280. The second kappa shape index (κ2) is 6.59. The Hall–Kier alpha value is -3.34. The lowest BCUT2D eigenvalue weighted by Gasteiger charge is -2.38. The molecule has 0 saturated heterocycles. The summed E-state index contributed by atoms with van der Waals surface area (Å²) in [4.78, 5) is 26.8. The molecule has 0 bridgehead atoms. The number of ether oxygens (including phenoxy) is 1. The summed E-state index contributed by atoms with van der Waals surface area (Å²) in [6.45, 7) is 6.06. The summed E-state index contributed by atoms with van der Waals surface area (Å²) in [5, 5.41) is 3.21. The van der Waals surface area contributed by atoms with Gasteiger partial charge in [-0.3, -0.25) is 14.7 Å². The molecule has 0 spiro atoms. The summed E-state index contributed by atoms with van der Waals surface area (Å²) >= 11 is 0. The average Bonchev–Trinajstić information content (AvgIpc) is 3.00. The summed E-state index contributed by atoms with van der Waals surface area (Å²) < 4.78 is 7.76. The van der Waals surface area contributed by atoms with E-state index in [-0.39, 0.29) is 16.8 Å². The molecule has 3 aromatic rings. The van der Waals surface area contributed by atoms with Crippen LogP contribution in [-0.4, -0.2) is 15.6 Å². The Morgan fingerprint density at radius 2 is 1.70 bits per heavy atom. The van der Waals surface area contributed by atoms with E-state index in [1.807, 2.05) is 61.5 Å². The number of allylic oxidation sites excluding steroid dienone is 2. The zero-order chi connectivity index (χ0) is 21.0. The third kappa shape index (κ3) is 2.84. The number of nitrogens with one attached hydrogen (secondary N) is 1.